The van der Waals surface area contributed by atoms with E-state index in [1.807, 2.05) is 36.4 Å². The summed E-state index contributed by atoms with van der Waals surface area (Å²) in [6, 6.07) is 11.2. The molecule has 2 aromatic carbocycles. The molecule has 6 heteroatoms. The zero-order valence-electron chi connectivity index (χ0n) is 17.7. The molecule has 29 heavy (non-hydrogen) atoms. The molecule has 2 N–H and O–H groups in total. The number of rotatable bonds is 5. The Hall–Kier alpha value is -3.15. The van der Waals surface area contributed by atoms with Gasteiger partial charge in [0.1, 0.15) is 16.7 Å². The fourth-order valence-corrected chi connectivity index (χ4v) is 3.84. The van der Waals surface area contributed by atoms with Gasteiger partial charge in [0.15, 0.2) is 5.75 Å². The molecule has 0 saturated carbocycles. The van der Waals surface area contributed by atoms with Crippen molar-refractivity contribution in [1.82, 2.24) is 15.0 Å². The van der Waals surface area contributed by atoms with Crippen molar-refractivity contribution in [2.24, 2.45) is 5.41 Å². The van der Waals surface area contributed by atoms with Crippen LogP contribution in [-0.4, -0.2) is 26.0 Å². The van der Waals surface area contributed by atoms with Gasteiger partial charge in [-0.25, -0.2) is 0 Å². The van der Waals surface area contributed by atoms with E-state index in [-0.39, 0.29) is 16.6 Å². The molecule has 0 fully saturated rings. The maximum Gasteiger partial charge on any atom is 0.247 e. The first kappa shape index (κ1) is 20.6. The monoisotopic (exact) mass is 392 g/mol. The van der Waals surface area contributed by atoms with Gasteiger partial charge in [0.05, 0.1) is 5.69 Å². The number of fused-ring (bicyclic) bond motifs is 1. The highest BCUT2D eigenvalue weighted by Crippen LogP contribution is 2.41. The number of anilines is 1. The summed E-state index contributed by atoms with van der Waals surface area (Å²) in [6.07, 6.45) is 2.08. The van der Waals surface area contributed by atoms with Gasteiger partial charge in [0.2, 0.25) is 5.91 Å². The maximum absolute atomic E-state index is 11.9. The van der Waals surface area contributed by atoms with Gasteiger partial charge in [-0.3, -0.25) is 4.79 Å². The zero-order valence-corrected chi connectivity index (χ0v) is 17.7. The van der Waals surface area contributed by atoms with Crippen LogP contribution in [0.1, 0.15) is 46.6 Å². The number of aromatic nitrogens is 3. The summed E-state index contributed by atoms with van der Waals surface area (Å²) in [4.78, 5) is 13.4. The number of carbonyl (C=O) groups excluding carboxylic acids is 1. The average molecular weight is 393 g/mol. The predicted octanol–water partition coefficient (Wildman–Crippen LogP) is 4.96. The van der Waals surface area contributed by atoms with Crippen LogP contribution in [0.25, 0.3) is 16.7 Å². The second kappa shape index (κ2) is 7.35. The highest BCUT2D eigenvalue weighted by Gasteiger charge is 2.29. The molecular weight excluding hydrogens is 364 g/mol. The third-order valence-electron chi connectivity index (χ3n) is 4.79. The lowest BCUT2D eigenvalue weighted by Crippen LogP contribution is -2.25. The summed E-state index contributed by atoms with van der Waals surface area (Å²) < 4.78 is 0. The molecule has 3 rings (SSSR count). The van der Waals surface area contributed by atoms with Crippen LogP contribution in [0.3, 0.4) is 0 Å². The summed E-state index contributed by atoms with van der Waals surface area (Å²) in [7, 11) is 0. The molecule has 0 aliphatic carbocycles. The van der Waals surface area contributed by atoms with Crippen molar-refractivity contribution >= 4 is 22.6 Å². The number of phenols is 1. The van der Waals surface area contributed by atoms with Gasteiger partial charge >= 0.3 is 0 Å². The molecule has 6 nitrogen and oxygen atoms in total. The number of nitrogens with one attached hydrogen (secondary N) is 1. The van der Waals surface area contributed by atoms with Crippen LogP contribution < -0.4 is 5.32 Å². The molecule has 0 saturated heterocycles. The molecule has 0 aliphatic heterocycles. The Balaban J connectivity index is 2.19. The van der Waals surface area contributed by atoms with E-state index in [9.17, 15) is 9.90 Å². The minimum absolute atomic E-state index is 0.0872. The SMILES string of the molecule is C=CC(=O)Nc1cc(C(C)(C)CC(C)(C)C)cc(-n2nc3ccccc3n2)c1O. The van der Waals surface area contributed by atoms with Crippen molar-refractivity contribution in [2.75, 3.05) is 5.32 Å². The number of nitrogens with zero attached hydrogens (tertiary/aromatic N) is 3. The molecule has 0 atom stereocenters. The molecule has 0 aliphatic rings. The molecular formula is C23H28N4O2. The molecule has 152 valence electrons. The molecule has 0 radical (unpaired) electrons. The summed E-state index contributed by atoms with van der Waals surface area (Å²) in [5, 5.41) is 22.6. The quantitative estimate of drug-likeness (QED) is 0.475. The summed E-state index contributed by atoms with van der Waals surface area (Å²) >= 11 is 0. The van der Waals surface area contributed by atoms with Crippen LogP contribution in [0, 0.1) is 5.41 Å². The van der Waals surface area contributed by atoms with Crippen molar-refractivity contribution < 1.29 is 9.90 Å². The van der Waals surface area contributed by atoms with Crippen LogP contribution in [0.15, 0.2) is 49.1 Å². The second-order valence-corrected chi connectivity index (χ2v) is 9.18. The van der Waals surface area contributed by atoms with E-state index in [2.05, 4.69) is 56.7 Å². The average Bonchev–Trinajstić information content (AvgIpc) is 3.04. The third-order valence-corrected chi connectivity index (χ3v) is 4.79. The zero-order chi connectivity index (χ0) is 21.4. The lowest BCUT2D eigenvalue weighted by atomic mass is 9.72. The van der Waals surface area contributed by atoms with Crippen LogP contribution in [0.2, 0.25) is 0 Å². The summed E-state index contributed by atoms with van der Waals surface area (Å²) in [6.45, 7) is 14.4. The Morgan fingerprint density at radius 1 is 1.14 bits per heavy atom. The van der Waals surface area contributed by atoms with Gasteiger partial charge < -0.3 is 10.4 Å². The Labute approximate surface area is 171 Å². The minimum atomic E-state index is -0.393. The van der Waals surface area contributed by atoms with Crippen molar-refractivity contribution in [2.45, 2.75) is 46.5 Å². The first-order chi connectivity index (χ1) is 13.5. The van der Waals surface area contributed by atoms with Crippen LogP contribution in [0.5, 0.6) is 5.75 Å². The van der Waals surface area contributed by atoms with E-state index >= 15 is 0 Å². The van der Waals surface area contributed by atoms with E-state index in [0.717, 1.165) is 23.0 Å². The van der Waals surface area contributed by atoms with E-state index in [0.29, 0.717) is 11.4 Å². The van der Waals surface area contributed by atoms with E-state index < -0.39 is 5.91 Å². The van der Waals surface area contributed by atoms with Crippen LogP contribution in [0.4, 0.5) is 5.69 Å². The fraction of sp³-hybridized carbons (Fsp3) is 0.348. The largest absolute Gasteiger partial charge is 0.504 e. The highest BCUT2D eigenvalue weighted by molar-refractivity contribution is 6.00. The van der Waals surface area contributed by atoms with Crippen LogP contribution >= 0.6 is 0 Å². The number of hydrogen-bond acceptors (Lipinski definition) is 4. The Kier molecular flexibility index (Phi) is 5.22. The molecule has 1 aromatic heterocycles. The smallest absolute Gasteiger partial charge is 0.247 e. The molecule has 1 heterocycles. The Morgan fingerprint density at radius 2 is 1.72 bits per heavy atom. The lowest BCUT2D eigenvalue weighted by Gasteiger charge is -2.33. The van der Waals surface area contributed by atoms with Crippen molar-refractivity contribution in [3.63, 3.8) is 0 Å². The number of phenolic OH excluding ortho intramolecular Hbond substituents is 1. The molecule has 3 aromatic rings. The second-order valence-electron chi connectivity index (χ2n) is 9.18. The lowest BCUT2D eigenvalue weighted by molar-refractivity contribution is -0.111. The predicted molar refractivity (Wildman–Crippen MR) is 116 cm³/mol. The third kappa shape index (κ3) is 4.47. The molecule has 0 bridgehead atoms. The van der Waals surface area contributed by atoms with Crippen molar-refractivity contribution in [3.05, 3.63) is 54.6 Å². The van der Waals surface area contributed by atoms with Gasteiger partial charge in [0.25, 0.3) is 0 Å². The first-order valence-electron chi connectivity index (χ1n) is 9.63. The number of carbonyl (C=O) groups is 1. The number of aromatic hydroxyl groups is 1. The minimum Gasteiger partial charge on any atom is -0.504 e. The number of hydrogen-bond donors (Lipinski definition) is 2. The molecule has 0 unspecified atom stereocenters. The summed E-state index contributed by atoms with van der Waals surface area (Å²) in [5.41, 5.74) is 3.05. The summed E-state index contributed by atoms with van der Waals surface area (Å²) in [5.74, 6) is -0.480. The topological polar surface area (TPSA) is 80.0 Å². The first-order valence-corrected chi connectivity index (χ1v) is 9.63. The van der Waals surface area contributed by atoms with Gasteiger partial charge in [-0.05, 0) is 53.2 Å². The highest BCUT2D eigenvalue weighted by atomic mass is 16.3. The van der Waals surface area contributed by atoms with Gasteiger partial charge in [-0.2, -0.15) is 0 Å². The maximum atomic E-state index is 11.9. The van der Waals surface area contributed by atoms with E-state index in [4.69, 9.17) is 0 Å². The van der Waals surface area contributed by atoms with E-state index in [1.54, 1.807) is 0 Å². The molecule has 0 spiro atoms. The van der Waals surface area contributed by atoms with Gasteiger partial charge in [0, 0.05) is 0 Å². The van der Waals surface area contributed by atoms with Crippen molar-refractivity contribution in [1.29, 1.82) is 0 Å². The number of amides is 1. The standard InChI is InChI=1S/C23H28N4O2/c1-7-20(28)24-18-12-15(23(5,6)14-22(2,3)4)13-19(21(18)29)27-25-16-10-8-9-11-17(16)26-27/h7-13,29H,1,14H2,2-6H3,(H,24,28). The number of benzene rings is 2. The normalized spacial score (nSPS) is 12.2. The Bertz CT molecular complexity index is 1040. The van der Waals surface area contributed by atoms with Gasteiger partial charge in [-0.15, -0.1) is 15.0 Å². The van der Waals surface area contributed by atoms with Crippen molar-refractivity contribution in [3.8, 4) is 11.4 Å². The molecule has 1 amide bonds. The van der Waals surface area contributed by atoms with Gasteiger partial charge in [-0.1, -0.05) is 53.3 Å². The van der Waals surface area contributed by atoms with E-state index in [1.165, 1.54) is 10.9 Å². The van der Waals surface area contributed by atoms with Crippen LogP contribution in [-0.2, 0) is 10.2 Å². The Morgan fingerprint density at radius 3 is 2.24 bits per heavy atom. The fourth-order valence-electron chi connectivity index (χ4n) is 3.84.